The van der Waals surface area contributed by atoms with Crippen LogP contribution in [0.15, 0.2) is 0 Å². The van der Waals surface area contributed by atoms with E-state index >= 15 is 0 Å². The Labute approximate surface area is 83.2 Å². The number of nitrogens with one attached hydrogen (secondary N) is 1. The van der Waals surface area contributed by atoms with Crippen LogP contribution in [0.25, 0.3) is 0 Å². The van der Waals surface area contributed by atoms with Crippen molar-refractivity contribution in [2.45, 2.75) is 38.4 Å². The third kappa shape index (κ3) is 4.75. The lowest BCUT2D eigenvalue weighted by Crippen LogP contribution is -2.33. The SMILES string of the molecule is CCC(Br)CNC(=O)C(C)CC. The fraction of sp³-hybridized carbons (Fsp3) is 0.889. The van der Waals surface area contributed by atoms with E-state index in [9.17, 15) is 4.79 Å². The van der Waals surface area contributed by atoms with Crippen LogP contribution in [0.1, 0.15) is 33.6 Å². The highest BCUT2D eigenvalue weighted by Gasteiger charge is 2.10. The Hall–Kier alpha value is -0.0500. The third-order valence-corrected chi connectivity index (χ3v) is 2.97. The van der Waals surface area contributed by atoms with Crippen molar-refractivity contribution in [1.29, 1.82) is 0 Å². The molecule has 2 nitrogen and oxygen atoms in total. The summed E-state index contributed by atoms with van der Waals surface area (Å²) >= 11 is 3.46. The molecule has 72 valence electrons. The molecule has 0 heterocycles. The molecule has 1 N–H and O–H groups in total. The van der Waals surface area contributed by atoms with Crippen LogP contribution in [-0.4, -0.2) is 17.3 Å². The predicted octanol–water partition coefficient (Wildman–Crippen LogP) is 2.32. The molecular weight excluding hydrogens is 218 g/mol. The molecule has 0 saturated carbocycles. The van der Waals surface area contributed by atoms with Gasteiger partial charge in [0.05, 0.1) is 0 Å². The summed E-state index contributed by atoms with van der Waals surface area (Å²) in [5, 5.41) is 2.90. The highest BCUT2D eigenvalue weighted by atomic mass is 79.9. The summed E-state index contributed by atoms with van der Waals surface area (Å²) in [6.07, 6.45) is 1.95. The van der Waals surface area contributed by atoms with Crippen molar-refractivity contribution in [3.8, 4) is 0 Å². The van der Waals surface area contributed by atoms with Gasteiger partial charge in [-0.25, -0.2) is 0 Å². The molecule has 0 fully saturated rings. The summed E-state index contributed by atoms with van der Waals surface area (Å²) in [5.74, 6) is 0.303. The summed E-state index contributed by atoms with van der Waals surface area (Å²) in [7, 11) is 0. The summed E-state index contributed by atoms with van der Waals surface area (Å²) < 4.78 is 0. The van der Waals surface area contributed by atoms with E-state index in [1.807, 2.05) is 13.8 Å². The minimum atomic E-state index is 0.140. The molecule has 0 aromatic rings. The van der Waals surface area contributed by atoms with Crippen LogP contribution < -0.4 is 5.32 Å². The maximum atomic E-state index is 11.3. The molecule has 3 heteroatoms. The van der Waals surface area contributed by atoms with Gasteiger partial charge < -0.3 is 5.32 Å². The molecule has 0 aromatic heterocycles. The minimum absolute atomic E-state index is 0.140. The Balaban J connectivity index is 3.56. The van der Waals surface area contributed by atoms with Gasteiger partial charge >= 0.3 is 0 Å². The van der Waals surface area contributed by atoms with E-state index < -0.39 is 0 Å². The monoisotopic (exact) mass is 235 g/mol. The maximum Gasteiger partial charge on any atom is 0.222 e. The molecule has 0 rings (SSSR count). The van der Waals surface area contributed by atoms with Gasteiger partial charge in [0.15, 0.2) is 0 Å². The lowest BCUT2D eigenvalue weighted by atomic mass is 10.1. The number of carbonyl (C=O) groups is 1. The molecule has 0 radical (unpaired) electrons. The Morgan fingerprint density at radius 1 is 1.42 bits per heavy atom. The summed E-state index contributed by atoms with van der Waals surface area (Å²) in [4.78, 5) is 11.7. The second kappa shape index (κ2) is 6.46. The topological polar surface area (TPSA) is 29.1 Å². The van der Waals surface area contributed by atoms with Gasteiger partial charge in [0.1, 0.15) is 0 Å². The number of carbonyl (C=O) groups excluding carboxylic acids is 1. The van der Waals surface area contributed by atoms with E-state index in [1.165, 1.54) is 0 Å². The molecular formula is C9H18BrNO. The fourth-order valence-electron chi connectivity index (χ4n) is 0.715. The molecule has 0 spiro atoms. The Morgan fingerprint density at radius 2 is 2.00 bits per heavy atom. The predicted molar refractivity (Wildman–Crippen MR) is 55.5 cm³/mol. The summed E-state index contributed by atoms with van der Waals surface area (Å²) in [6, 6.07) is 0. The first kappa shape index (κ1) is 11.9. The van der Waals surface area contributed by atoms with Crippen LogP contribution in [0.5, 0.6) is 0 Å². The second-order valence-corrected chi connectivity index (χ2v) is 4.35. The maximum absolute atomic E-state index is 11.3. The first-order valence-electron chi connectivity index (χ1n) is 4.53. The zero-order valence-corrected chi connectivity index (χ0v) is 9.65. The number of halogens is 1. The molecule has 2 atom stereocenters. The standard InChI is InChI=1S/C9H18BrNO/c1-4-7(3)9(12)11-6-8(10)5-2/h7-8H,4-6H2,1-3H3,(H,11,12). The van der Waals surface area contributed by atoms with Crippen LogP contribution >= 0.6 is 15.9 Å². The zero-order chi connectivity index (χ0) is 9.56. The van der Waals surface area contributed by atoms with Crippen LogP contribution in [0.4, 0.5) is 0 Å². The van der Waals surface area contributed by atoms with Crippen molar-refractivity contribution in [3.63, 3.8) is 0 Å². The molecule has 2 unspecified atom stereocenters. The molecule has 0 aromatic carbocycles. The van der Waals surface area contributed by atoms with Gasteiger partial charge in [0.25, 0.3) is 0 Å². The Kier molecular flexibility index (Phi) is 6.44. The van der Waals surface area contributed by atoms with Gasteiger partial charge in [0.2, 0.25) is 5.91 Å². The van der Waals surface area contributed by atoms with Gasteiger partial charge in [-0.1, -0.05) is 36.7 Å². The van der Waals surface area contributed by atoms with Crippen LogP contribution in [0.2, 0.25) is 0 Å². The number of amides is 1. The number of hydrogen-bond acceptors (Lipinski definition) is 1. The lowest BCUT2D eigenvalue weighted by molar-refractivity contribution is -0.124. The highest BCUT2D eigenvalue weighted by Crippen LogP contribution is 2.04. The van der Waals surface area contributed by atoms with Gasteiger partial charge in [-0.2, -0.15) is 0 Å². The zero-order valence-electron chi connectivity index (χ0n) is 8.06. The Morgan fingerprint density at radius 3 is 2.42 bits per heavy atom. The van der Waals surface area contributed by atoms with Crippen LogP contribution in [-0.2, 0) is 4.79 Å². The number of rotatable bonds is 5. The van der Waals surface area contributed by atoms with E-state index in [0.717, 1.165) is 19.4 Å². The molecule has 0 aliphatic heterocycles. The first-order valence-corrected chi connectivity index (χ1v) is 5.45. The normalized spacial score (nSPS) is 15.3. The highest BCUT2D eigenvalue weighted by molar-refractivity contribution is 9.09. The lowest BCUT2D eigenvalue weighted by Gasteiger charge is -2.12. The van der Waals surface area contributed by atoms with Gasteiger partial charge in [-0.3, -0.25) is 4.79 Å². The van der Waals surface area contributed by atoms with E-state index in [4.69, 9.17) is 0 Å². The van der Waals surface area contributed by atoms with Crippen LogP contribution in [0.3, 0.4) is 0 Å². The van der Waals surface area contributed by atoms with Crippen molar-refractivity contribution >= 4 is 21.8 Å². The van der Waals surface area contributed by atoms with Crippen molar-refractivity contribution in [3.05, 3.63) is 0 Å². The van der Waals surface area contributed by atoms with Crippen molar-refractivity contribution < 1.29 is 4.79 Å². The van der Waals surface area contributed by atoms with Crippen LogP contribution in [0, 0.1) is 5.92 Å². The fourth-order valence-corrected chi connectivity index (χ4v) is 0.877. The van der Waals surface area contributed by atoms with Crippen molar-refractivity contribution in [2.75, 3.05) is 6.54 Å². The molecule has 12 heavy (non-hydrogen) atoms. The van der Waals surface area contributed by atoms with Crippen molar-refractivity contribution in [2.24, 2.45) is 5.92 Å². The second-order valence-electron chi connectivity index (χ2n) is 3.06. The van der Waals surface area contributed by atoms with E-state index in [1.54, 1.807) is 0 Å². The third-order valence-electron chi connectivity index (χ3n) is 2.00. The van der Waals surface area contributed by atoms with E-state index in [2.05, 4.69) is 28.2 Å². The largest absolute Gasteiger partial charge is 0.355 e. The number of alkyl halides is 1. The molecule has 1 amide bonds. The van der Waals surface area contributed by atoms with E-state index in [0.29, 0.717) is 4.83 Å². The molecule has 0 aliphatic rings. The summed E-state index contributed by atoms with van der Waals surface area (Å²) in [5.41, 5.74) is 0. The van der Waals surface area contributed by atoms with Gasteiger partial charge in [0, 0.05) is 17.3 Å². The van der Waals surface area contributed by atoms with E-state index in [-0.39, 0.29) is 11.8 Å². The molecule has 0 bridgehead atoms. The average molecular weight is 236 g/mol. The summed E-state index contributed by atoms with van der Waals surface area (Å²) in [6.45, 7) is 6.80. The first-order chi connectivity index (χ1) is 5.61. The minimum Gasteiger partial charge on any atom is -0.355 e. The van der Waals surface area contributed by atoms with Crippen molar-refractivity contribution in [1.82, 2.24) is 5.32 Å². The van der Waals surface area contributed by atoms with Gasteiger partial charge in [-0.05, 0) is 12.8 Å². The Bertz CT molecular complexity index is 138. The average Bonchev–Trinajstić information content (AvgIpc) is 2.11. The number of hydrogen-bond donors (Lipinski definition) is 1. The smallest absolute Gasteiger partial charge is 0.222 e. The van der Waals surface area contributed by atoms with Gasteiger partial charge in [-0.15, -0.1) is 0 Å². The molecule has 0 aliphatic carbocycles. The quantitative estimate of drug-likeness (QED) is 0.729. The molecule has 0 saturated heterocycles.